The molecule has 4 aromatic rings. The Morgan fingerprint density at radius 1 is 0.492 bits per heavy atom. The first kappa shape index (κ1) is 47.8. The molecule has 0 saturated heterocycles. The molecule has 330 valence electrons. The van der Waals surface area contributed by atoms with E-state index in [0.717, 1.165) is 64.2 Å². The van der Waals surface area contributed by atoms with Gasteiger partial charge in [0.1, 0.15) is 34.5 Å². The molecule has 0 bridgehead atoms. The Bertz CT molecular complexity index is 1950. The van der Waals surface area contributed by atoms with Crippen LogP contribution >= 0.6 is 0 Å². The van der Waals surface area contributed by atoms with Crippen LogP contribution in [-0.2, 0) is 23.9 Å². The summed E-state index contributed by atoms with van der Waals surface area (Å²) in [5.41, 5.74) is 0.462. The number of rotatable bonds is 26. The molecule has 0 amide bonds. The van der Waals surface area contributed by atoms with Crippen LogP contribution in [0.2, 0.25) is 0 Å². The highest BCUT2D eigenvalue weighted by Gasteiger charge is 2.23. The van der Waals surface area contributed by atoms with E-state index in [-0.39, 0.29) is 74.4 Å². The number of carbonyl (C=O) groups excluding carboxylic acids is 3. The summed E-state index contributed by atoms with van der Waals surface area (Å²) in [7, 11) is 0. The van der Waals surface area contributed by atoms with E-state index in [1.165, 1.54) is 56.2 Å². The minimum atomic E-state index is -0.942. The summed E-state index contributed by atoms with van der Waals surface area (Å²) in [6.07, 6.45) is 10.1. The van der Waals surface area contributed by atoms with Crippen LogP contribution in [0.5, 0.6) is 34.5 Å². The maximum Gasteiger partial charge on any atom is 0.347 e. The number of ketones is 1. The van der Waals surface area contributed by atoms with Crippen molar-refractivity contribution in [1.82, 2.24) is 15.0 Å². The quantitative estimate of drug-likeness (QED) is 0.0399. The van der Waals surface area contributed by atoms with Crippen molar-refractivity contribution in [2.45, 2.75) is 137 Å². The second-order valence-electron chi connectivity index (χ2n) is 15.1. The Kier molecular flexibility index (Phi) is 19.1. The Morgan fingerprint density at radius 3 is 1.11 bits per heavy atom. The van der Waals surface area contributed by atoms with Crippen molar-refractivity contribution >= 4 is 17.7 Å². The average Bonchev–Trinajstić information content (AvgIpc) is 3.22. The summed E-state index contributed by atoms with van der Waals surface area (Å²) in [5.74, 6) is -1.53. The number of benzene rings is 3. The SMILES string of the molecule is CCCCCCCCOC(=O)C(C)Oc1ccc(-c2nc(-c3ccc(OC(C)C(C)=O)cc3O)nc(-c3ccc(OC(C)C(=O)OCCCCCCCC)cc3O)n2)c(O)c1. The molecule has 3 N–H and O–H groups in total. The van der Waals surface area contributed by atoms with E-state index in [0.29, 0.717) is 13.2 Å². The van der Waals surface area contributed by atoms with Gasteiger partial charge in [0.15, 0.2) is 41.6 Å². The second kappa shape index (κ2) is 24.4. The summed E-state index contributed by atoms with van der Waals surface area (Å²) >= 11 is 0. The summed E-state index contributed by atoms with van der Waals surface area (Å²) < 4.78 is 28.0. The molecule has 14 heteroatoms. The summed E-state index contributed by atoms with van der Waals surface area (Å²) in [5, 5.41) is 33.6. The minimum absolute atomic E-state index is 0.0217. The smallest absolute Gasteiger partial charge is 0.347 e. The molecular formula is C47H61N3O11. The lowest BCUT2D eigenvalue weighted by atomic mass is 10.1. The zero-order valence-electron chi connectivity index (χ0n) is 36.3. The molecular weight excluding hydrogens is 783 g/mol. The molecule has 1 heterocycles. The molecule has 3 unspecified atom stereocenters. The Hall–Kier alpha value is -5.92. The first-order valence-corrected chi connectivity index (χ1v) is 21.4. The molecule has 0 aliphatic rings. The van der Waals surface area contributed by atoms with Crippen LogP contribution in [0.1, 0.15) is 119 Å². The number of unbranched alkanes of at least 4 members (excludes halogenated alkanes) is 10. The van der Waals surface area contributed by atoms with Gasteiger partial charge in [-0.1, -0.05) is 78.1 Å². The van der Waals surface area contributed by atoms with Crippen molar-refractivity contribution in [2.75, 3.05) is 13.2 Å². The molecule has 0 radical (unpaired) electrons. The van der Waals surface area contributed by atoms with Crippen molar-refractivity contribution in [3.63, 3.8) is 0 Å². The predicted molar refractivity (Wildman–Crippen MR) is 231 cm³/mol. The second-order valence-corrected chi connectivity index (χ2v) is 15.1. The normalized spacial score (nSPS) is 12.6. The molecule has 4 rings (SSSR count). The third-order valence-electron chi connectivity index (χ3n) is 9.93. The number of aromatic hydroxyl groups is 3. The molecule has 0 spiro atoms. The fourth-order valence-corrected chi connectivity index (χ4v) is 6.20. The van der Waals surface area contributed by atoms with Crippen molar-refractivity contribution in [2.24, 2.45) is 0 Å². The lowest BCUT2D eigenvalue weighted by Gasteiger charge is -2.16. The van der Waals surface area contributed by atoms with Crippen LogP contribution < -0.4 is 14.2 Å². The van der Waals surface area contributed by atoms with Gasteiger partial charge in [0.05, 0.1) is 29.9 Å². The van der Waals surface area contributed by atoms with Gasteiger partial charge in [0.2, 0.25) is 0 Å². The van der Waals surface area contributed by atoms with E-state index in [4.69, 9.17) is 23.7 Å². The lowest BCUT2D eigenvalue weighted by molar-refractivity contribution is -0.152. The third kappa shape index (κ3) is 14.9. The van der Waals surface area contributed by atoms with Crippen LogP contribution in [0.4, 0.5) is 0 Å². The molecule has 0 aliphatic carbocycles. The van der Waals surface area contributed by atoms with Crippen molar-refractivity contribution in [3.8, 4) is 68.7 Å². The maximum atomic E-state index is 12.6. The first-order valence-electron chi connectivity index (χ1n) is 21.4. The van der Waals surface area contributed by atoms with E-state index >= 15 is 0 Å². The van der Waals surface area contributed by atoms with Crippen LogP contribution in [0, 0.1) is 0 Å². The van der Waals surface area contributed by atoms with Gasteiger partial charge in [0, 0.05) is 18.2 Å². The van der Waals surface area contributed by atoms with Crippen molar-refractivity contribution < 1.29 is 53.4 Å². The van der Waals surface area contributed by atoms with Gasteiger partial charge in [-0.25, -0.2) is 24.5 Å². The van der Waals surface area contributed by atoms with Crippen molar-refractivity contribution in [1.29, 1.82) is 0 Å². The fraction of sp³-hybridized carbons (Fsp3) is 0.489. The van der Waals surface area contributed by atoms with Gasteiger partial charge in [-0.2, -0.15) is 0 Å². The van der Waals surface area contributed by atoms with Crippen LogP contribution in [0.15, 0.2) is 54.6 Å². The molecule has 1 aromatic heterocycles. The van der Waals surface area contributed by atoms with Crippen LogP contribution in [-0.4, -0.2) is 79.5 Å². The standard InChI is InChI=1S/C47H61N3O11/c1-7-9-11-13-15-17-25-57-46(55)32(5)60-35-20-23-38(41(53)28-35)44-48-43(37-22-19-34(27-40(37)52)59-31(4)30(3)51)49-45(50-44)39-24-21-36(29-42(39)54)61-33(6)47(56)58-26-18-16-14-12-10-8-2/h19-24,27-29,31-33,52-54H,7-18,25-26H2,1-6H3. The molecule has 3 aromatic carbocycles. The van der Waals surface area contributed by atoms with E-state index in [2.05, 4.69) is 28.8 Å². The van der Waals surface area contributed by atoms with E-state index in [1.54, 1.807) is 39.0 Å². The summed E-state index contributed by atoms with van der Waals surface area (Å²) in [4.78, 5) is 50.7. The lowest BCUT2D eigenvalue weighted by Crippen LogP contribution is -2.26. The van der Waals surface area contributed by atoms with Gasteiger partial charge < -0.3 is 39.0 Å². The number of phenols is 3. The van der Waals surface area contributed by atoms with Crippen molar-refractivity contribution in [3.05, 3.63) is 54.6 Å². The minimum Gasteiger partial charge on any atom is -0.507 e. The first-order chi connectivity index (χ1) is 29.3. The number of aromatic nitrogens is 3. The average molecular weight is 844 g/mol. The molecule has 0 aliphatic heterocycles. The van der Waals surface area contributed by atoms with Gasteiger partial charge >= 0.3 is 11.9 Å². The fourth-order valence-electron chi connectivity index (χ4n) is 6.20. The van der Waals surface area contributed by atoms with E-state index < -0.39 is 30.3 Å². The highest BCUT2D eigenvalue weighted by molar-refractivity contribution is 5.80. The number of nitrogens with zero attached hydrogens (tertiary/aromatic N) is 3. The molecule has 0 fully saturated rings. The van der Waals surface area contributed by atoms with Gasteiger partial charge in [-0.3, -0.25) is 4.79 Å². The zero-order valence-corrected chi connectivity index (χ0v) is 36.3. The number of hydrogen-bond acceptors (Lipinski definition) is 14. The third-order valence-corrected chi connectivity index (χ3v) is 9.93. The zero-order chi connectivity index (χ0) is 44.3. The number of hydrogen-bond donors (Lipinski definition) is 3. The number of Topliss-reactive ketones (excluding diaryl/α,β-unsaturated/α-hetero) is 1. The topological polar surface area (TPSA) is 197 Å². The highest BCUT2D eigenvalue weighted by Crippen LogP contribution is 2.38. The molecule has 61 heavy (non-hydrogen) atoms. The number of phenolic OH excluding ortho intramolecular Hbond substituents is 3. The molecule has 3 atom stereocenters. The predicted octanol–water partition coefficient (Wildman–Crippen LogP) is 9.69. The number of carbonyl (C=O) groups is 3. The monoisotopic (exact) mass is 843 g/mol. The Balaban J connectivity index is 1.57. The number of esters is 2. The van der Waals surface area contributed by atoms with E-state index in [9.17, 15) is 29.7 Å². The molecule has 0 saturated carbocycles. The highest BCUT2D eigenvalue weighted by atomic mass is 16.6. The van der Waals surface area contributed by atoms with Crippen LogP contribution in [0.3, 0.4) is 0 Å². The summed E-state index contributed by atoms with van der Waals surface area (Å²) in [6.45, 7) is 11.0. The van der Waals surface area contributed by atoms with Gasteiger partial charge in [-0.15, -0.1) is 0 Å². The Morgan fingerprint density at radius 2 is 0.803 bits per heavy atom. The maximum absolute atomic E-state index is 12.6. The van der Waals surface area contributed by atoms with Gasteiger partial charge in [0.25, 0.3) is 0 Å². The Labute approximate surface area is 358 Å². The van der Waals surface area contributed by atoms with E-state index in [1.807, 2.05) is 0 Å². The number of ether oxygens (including phenoxy) is 5. The summed E-state index contributed by atoms with van der Waals surface area (Å²) in [6, 6.07) is 13.1. The van der Waals surface area contributed by atoms with Crippen LogP contribution in [0.25, 0.3) is 34.2 Å². The molecule has 14 nitrogen and oxygen atoms in total. The van der Waals surface area contributed by atoms with Gasteiger partial charge in [-0.05, 0) is 76.9 Å². The largest absolute Gasteiger partial charge is 0.507 e.